The predicted molar refractivity (Wildman–Crippen MR) is 103 cm³/mol. The maximum Gasteiger partial charge on any atom is 0.221 e. The molecule has 1 saturated carbocycles. The molecule has 144 valence electrons. The van der Waals surface area contributed by atoms with Crippen molar-refractivity contribution in [2.45, 2.75) is 31.4 Å². The van der Waals surface area contributed by atoms with Gasteiger partial charge in [0.25, 0.3) is 0 Å². The van der Waals surface area contributed by atoms with Crippen molar-refractivity contribution in [1.29, 1.82) is 0 Å². The summed E-state index contributed by atoms with van der Waals surface area (Å²) in [6.45, 7) is 4.02. The highest BCUT2D eigenvalue weighted by Crippen LogP contribution is 2.38. The number of pyridine rings is 1. The van der Waals surface area contributed by atoms with Crippen LogP contribution in [0.1, 0.15) is 30.9 Å². The summed E-state index contributed by atoms with van der Waals surface area (Å²) in [5, 5.41) is 14.0. The van der Waals surface area contributed by atoms with Gasteiger partial charge in [-0.1, -0.05) is 18.2 Å². The van der Waals surface area contributed by atoms with Gasteiger partial charge in [0.2, 0.25) is 5.91 Å². The highest BCUT2D eigenvalue weighted by molar-refractivity contribution is 5.80. The van der Waals surface area contributed by atoms with Gasteiger partial charge in [0.1, 0.15) is 0 Å². The van der Waals surface area contributed by atoms with E-state index >= 15 is 0 Å². The van der Waals surface area contributed by atoms with Gasteiger partial charge < -0.3 is 15.2 Å². The van der Waals surface area contributed by atoms with Gasteiger partial charge in [0.05, 0.1) is 30.9 Å². The third-order valence-corrected chi connectivity index (χ3v) is 5.67. The number of aliphatic hydroxyl groups is 1. The number of nitrogens with one attached hydrogen (secondary N) is 1. The molecule has 1 saturated heterocycles. The van der Waals surface area contributed by atoms with E-state index in [0.717, 1.165) is 62.2 Å². The van der Waals surface area contributed by atoms with Crippen molar-refractivity contribution in [3.8, 4) is 0 Å². The van der Waals surface area contributed by atoms with Crippen LogP contribution in [0.25, 0.3) is 10.9 Å². The first kappa shape index (κ1) is 18.3. The molecule has 1 aromatic heterocycles. The van der Waals surface area contributed by atoms with E-state index in [9.17, 15) is 9.90 Å². The van der Waals surface area contributed by atoms with Crippen LogP contribution in [0.3, 0.4) is 0 Å². The summed E-state index contributed by atoms with van der Waals surface area (Å²) in [7, 11) is 0. The van der Waals surface area contributed by atoms with Crippen molar-refractivity contribution in [2.24, 2.45) is 5.92 Å². The number of fused-ring (bicyclic) bond motifs is 1. The number of amides is 1. The number of aliphatic hydroxyl groups excluding tert-OH is 1. The van der Waals surface area contributed by atoms with Gasteiger partial charge in [-0.25, -0.2) is 0 Å². The number of hydrogen-bond acceptors (Lipinski definition) is 5. The molecule has 0 bridgehead atoms. The summed E-state index contributed by atoms with van der Waals surface area (Å²) < 4.78 is 5.35. The molecule has 1 aliphatic carbocycles. The average molecular weight is 369 g/mol. The monoisotopic (exact) mass is 369 g/mol. The zero-order valence-electron chi connectivity index (χ0n) is 15.5. The van der Waals surface area contributed by atoms with Gasteiger partial charge in [0, 0.05) is 37.6 Å². The zero-order chi connectivity index (χ0) is 18.6. The molecule has 2 heterocycles. The van der Waals surface area contributed by atoms with Crippen LogP contribution in [0.2, 0.25) is 0 Å². The minimum absolute atomic E-state index is 0.0565. The van der Waals surface area contributed by atoms with E-state index in [-0.39, 0.29) is 24.0 Å². The lowest BCUT2D eigenvalue weighted by molar-refractivity contribution is -0.123. The standard InChI is InChI=1S/C21H27N3O3/c25-18-12-16(13-18)21(17-11-15-3-1-2-4-19(15)22-14-17)23-20(26)5-6-24-7-9-27-10-8-24/h1-4,11,14,16,18,21,25H,5-10,12-13H2,(H,23,26)/t16?,18?,21-/m1/s1. The van der Waals surface area contributed by atoms with E-state index in [0.29, 0.717) is 6.42 Å². The van der Waals surface area contributed by atoms with E-state index in [2.05, 4.69) is 21.3 Å². The molecule has 0 spiro atoms. The molecule has 2 aromatic rings. The van der Waals surface area contributed by atoms with Crippen molar-refractivity contribution in [3.05, 3.63) is 42.1 Å². The second-order valence-electron chi connectivity index (χ2n) is 7.60. The van der Waals surface area contributed by atoms with E-state index in [1.54, 1.807) is 0 Å². The van der Waals surface area contributed by atoms with Crippen molar-refractivity contribution in [3.63, 3.8) is 0 Å². The number of nitrogens with zero attached hydrogens (tertiary/aromatic N) is 2. The third-order valence-electron chi connectivity index (χ3n) is 5.67. The third kappa shape index (κ3) is 4.46. The lowest BCUT2D eigenvalue weighted by Gasteiger charge is -2.38. The van der Waals surface area contributed by atoms with Crippen LogP contribution in [0.4, 0.5) is 0 Å². The number of ether oxygens (including phenoxy) is 1. The number of morpholine rings is 1. The van der Waals surface area contributed by atoms with Crippen LogP contribution in [-0.2, 0) is 9.53 Å². The van der Waals surface area contributed by atoms with Gasteiger partial charge in [0.15, 0.2) is 0 Å². The van der Waals surface area contributed by atoms with Crippen molar-refractivity contribution >= 4 is 16.8 Å². The first-order chi connectivity index (χ1) is 13.2. The molecule has 2 aliphatic rings. The summed E-state index contributed by atoms with van der Waals surface area (Å²) in [6.07, 6.45) is 3.53. The number of carbonyl (C=O) groups is 1. The Kier molecular flexibility index (Phi) is 5.66. The quantitative estimate of drug-likeness (QED) is 0.813. The molecule has 27 heavy (non-hydrogen) atoms. The molecule has 1 aromatic carbocycles. The van der Waals surface area contributed by atoms with Crippen molar-refractivity contribution < 1.29 is 14.6 Å². The second kappa shape index (κ2) is 8.33. The van der Waals surface area contributed by atoms with Gasteiger partial charge in [-0.2, -0.15) is 0 Å². The van der Waals surface area contributed by atoms with E-state index < -0.39 is 0 Å². The Hall–Kier alpha value is -2.02. The Labute approximate surface area is 159 Å². The molecule has 6 heteroatoms. The zero-order valence-corrected chi connectivity index (χ0v) is 15.5. The molecule has 0 radical (unpaired) electrons. The highest BCUT2D eigenvalue weighted by Gasteiger charge is 2.35. The SMILES string of the molecule is O=C(CCN1CCOCC1)N[C@@H](c1cnc2ccccc2c1)C1CC(O)C1. The topological polar surface area (TPSA) is 74.7 Å². The van der Waals surface area contributed by atoms with Crippen LogP contribution in [0, 0.1) is 5.92 Å². The molecule has 6 nitrogen and oxygen atoms in total. The summed E-state index contributed by atoms with van der Waals surface area (Å²) in [5.41, 5.74) is 1.97. The number of aromatic nitrogens is 1. The fourth-order valence-corrected chi connectivity index (χ4v) is 3.96. The Morgan fingerprint density at radius 1 is 1.30 bits per heavy atom. The highest BCUT2D eigenvalue weighted by atomic mass is 16.5. The van der Waals surface area contributed by atoms with Crippen molar-refractivity contribution in [1.82, 2.24) is 15.2 Å². The molecule has 4 rings (SSSR count). The maximum absolute atomic E-state index is 12.6. The number of hydrogen-bond donors (Lipinski definition) is 2. The first-order valence-electron chi connectivity index (χ1n) is 9.81. The minimum Gasteiger partial charge on any atom is -0.393 e. The molecule has 1 aliphatic heterocycles. The second-order valence-corrected chi connectivity index (χ2v) is 7.60. The number of rotatable bonds is 6. The predicted octanol–water partition coefficient (Wildman–Crippen LogP) is 1.89. The normalized spacial score (nSPS) is 24.3. The molecule has 1 amide bonds. The van der Waals surface area contributed by atoms with E-state index in [1.165, 1.54) is 0 Å². The fourth-order valence-electron chi connectivity index (χ4n) is 3.96. The molecule has 0 unspecified atom stereocenters. The summed E-state index contributed by atoms with van der Waals surface area (Å²) >= 11 is 0. The molecular formula is C21H27N3O3. The van der Waals surface area contributed by atoms with Gasteiger partial charge >= 0.3 is 0 Å². The first-order valence-corrected chi connectivity index (χ1v) is 9.81. The lowest BCUT2D eigenvalue weighted by atomic mass is 9.75. The smallest absolute Gasteiger partial charge is 0.221 e. The van der Waals surface area contributed by atoms with Crippen molar-refractivity contribution in [2.75, 3.05) is 32.8 Å². The van der Waals surface area contributed by atoms with E-state index in [4.69, 9.17) is 4.74 Å². The maximum atomic E-state index is 12.6. The van der Waals surface area contributed by atoms with Crippen LogP contribution < -0.4 is 5.32 Å². The summed E-state index contributed by atoms with van der Waals surface area (Å²) in [5.74, 6) is 0.316. The summed E-state index contributed by atoms with van der Waals surface area (Å²) in [6, 6.07) is 10.0. The van der Waals surface area contributed by atoms with Crippen LogP contribution in [-0.4, -0.2) is 59.8 Å². The Morgan fingerprint density at radius 3 is 2.85 bits per heavy atom. The molecule has 2 fully saturated rings. The van der Waals surface area contributed by atoms with Gasteiger partial charge in [-0.3, -0.25) is 14.7 Å². The Balaban J connectivity index is 1.44. The number of benzene rings is 1. The fraction of sp³-hybridized carbons (Fsp3) is 0.524. The van der Waals surface area contributed by atoms with Gasteiger partial charge in [-0.15, -0.1) is 0 Å². The van der Waals surface area contributed by atoms with Crippen LogP contribution in [0.15, 0.2) is 36.5 Å². The molecule has 1 atom stereocenters. The van der Waals surface area contributed by atoms with Gasteiger partial charge in [-0.05, 0) is 36.5 Å². The number of carbonyl (C=O) groups excluding carboxylic acids is 1. The summed E-state index contributed by atoms with van der Waals surface area (Å²) in [4.78, 5) is 19.4. The minimum atomic E-state index is -0.254. The molecule has 2 N–H and O–H groups in total. The van der Waals surface area contributed by atoms with E-state index in [1.807, 2.05) is 30.5 Å². The number of para-hydroxylation sites is 1. The lowest BCUT2D eigenvalue weighted by Crippen LogP contribution is -2.43. The average Bonchev–Trinajstić information content (AvgIpc) is 2.69. The Morgan fingerprint density at radius 2 is 2.07 bits per heavy atom. The largest absolute Gasteiger partial charge is 0.393 e. The van der Waals surface area contributed by atoms with Crippen LogP contribution in [0.5, 0.6) is 0 Å². The molecular weight excluding hydrogens is 342 g/mol. The van der Waals surface area contributed by atoms with Crippen LogP contribution >= 0.6 is 0 Å². The Bertz CT molecular complexity index is 785.